The van der Waals surface area contributed by atoms with Crippen LogP contribution >= 0.6 is 0 Å². The average molecular weight is 356 g/mol. The van der Waals surface area contributed by atoms with Gasteiger partial charge in [0.25, 0.3) is 0 Å². The molecular weight excluding hydrogens is 336 g/mol. The molecule has 4 rings (SSSR count). The molecule has 0 aromatic heterocycles. The summed E-state index contributed by atoms with van der Waals surface area (Å²) in [5.41, 5.74) is -1.82. The Balaban J connectivity index is 1.59. The summed E-state index contributed by atoms with van der Waals surface area (Å²) in [7, 11) is 0. The van der Waals surface area contributed by atoms with E-state index in [4.69, 9.17) is 5.11 Å². The summed E-state index contributed by atoms with van der Waals surface area (Å²) in [6.07, 6.45) is 3.38. The highest BCUT2D eigenvalue weighted by atomic mass is 17.2. The average Bonchev–Trinajstić information content (AvgIpc) is 2.50. The maximum absolute atomic E-state index is 12.5. The van der Waals surface area contributed by atoms with E-state index in [1.165, 1.54) is 0 Å². The van der Waals surface area contributed by atoms with Crippen LogP contribution in [0, 0.1) is 22.7 Å². The molecule has 0 heterocycles. The first-order chi connectivity index (χ1) is 11.7. The van der Waals surface area contributed by atoms with E-state index in [0.717, 1.165) is 6.42 Å². The smallest absolute Gasteiger partial charge is 0.380 e. The van der Waals surface area contributed by atoms with E-state index in [9.17, 15) is 24.3 Å². The minimum atomic E-state index is -1.24. The summed E-state index contributed by atoms with van der Waals surface area (Å²) in [6, 6.07) is 0. The molecule has 2 N–H and O–H groups in total. The van der Waals surface area contributed by atoms with Crippen LogP contribution in [0.4, 0.5) is 0 Å². The van der Waals surface area contributed by atoms with Crippen molar-refractivity contribution in [3.8, 4) is 0 Å². The van der Waals surface area contributed by atoms with Crippen LogP contribution in [0.5, 0.6) is 0 Å². The summed E-state index contributed by atoms with van der Waals surface area (Å²) < 4.78 is 4.54. The molecule has 0 spiro atoms. The number of hydrogen-bond donors (Lipinski definition) is 2. The second-order valence-electron chi connectivity index (χ2n) is 7.54. The molecule has 0 aliphatic heterocycles. The van der Waals surface area contributed by atoms with Crippen molar-refractivity contribution < 1.29 is 43.9 Å². The number of carboxylic acid groups (broad SMARTS) is 2. The molecule has 0 saturated heterocycles. The molecule has 2 atom stereocenters. The summed E-state index contributed by atoms with van der Waals surface area (Å²) >= 11 is 0. The molecule has 0 aromatic carbocycles. The van der Waals surface area contributed by atoms with E-state index in [-0.39, 0.29) is 18.3 Å². The van der Waals surface area contributed by atoms with Gasteiger partial charge in [0.2, 0.25) is 0 Å². The van der Waals surface area contributed by atoms with Crippen LogP contribution in [0.3, 0.4) is 0 Å². The minimum absolute atomic E-state index is 0.166. The molecule has 2 unspecified atom stereocenters. The molecular formula is C16H20O9. The van der Waals surface area contributed by atoms with Crippen molar-refractivity contribution in [2.75, 3.05) is 13.2 Å². The lowest BCUT2D eigenvalue weighted by molar-refractivity contribution is -0.276. The predicted molar refractivity (Wildman–Crippen MR) is 77.8 cm³/mol. The van der Waals surface area contributed by atoms with Gasteiger partial charge in [0.1, 0.15) is 13.2 Å². The van der Waals surface area contributed by atoms with Gasteiger partial charge in [-0.2, -0.15) is 0 Å². The van der Waals surface area contributed by atoms with Gasteiger partial charge in [-0.25, -0.2) is 24.2 Å². The standard InChI is InChI=1S/C16H20O9/c17-11(18)6-23-7-12(19)24-25-14(22)16-4-9-1-10(5-16)3-15(2-9,8-16)13(20)21/h9-10H,1-8H2,(H,17,18)(H,20,21). The van der Waals surface area contributed by atoms with Crippen LogP contribution < -0.4 is 0 Å². The first-order valence-electron chi connectivity index (χ1n) is 8.19. The summed E-state index contributed by atoms with van der Waals surface area (Å²) in [4.78, 5) is 55.0. The van der Waals surface area contributed by atoms with Crippen molar-refractivity contribution in [1.82, 2.24) is 0 Å². The van der Waals surface area contributed by atoms with E-state index in [1.807, 2.05) is 0 Å². The lowest BCUT2D eigenvalue weighted by atomic mass is 9.44. The molecule has 4 aliphatic carbocycles. The zero-order valence-corrected chi connectivity index (χ0v) is 13.6. The number of carbonyl (C=O) groups excluding carboxylic acids is 2. The third kappa shape index (κ3) is 3.33. The molecule has 9 nitrogen and oxygen atoms in total. The normalized spacial score (nSPS) is 35.2. The Labute approximate surface area is 143 Å². The molecule has 25 heavy (non-hydrogen) atoms. The highest BCUT2D eigenvalue weighted by Crippen LogP contribution is 2.65. The topological polar surface area (TPSA) is 136 Å². The van der Waals surface area contributed by atoms with Gasteiger partial charge in [0.05, 0.1) is 10.8 Å². The predicted octanol–water partition coefficient (Wildman–Crippen LogP) is 0.760. The van der Waals surface area contributed by atoms with Gasteiger partial charge in [0, 0.05) is 0 Å². The molecule has 4 bridgehead atoms. The van der Waals surface area contributed by atoms with Gasteiger partial charge < -0.3 is 14.9 Å². The summed E-state index contributed by atoms with van der Waals surface area (Å²) in [5, 5.41) is 18.0. The molecule has 4 saturated carbocycles. The van der Waals surface area contributed by atoms with E-state index >= 15 is 0 Å². The highest BCUT2D eigenvalue weighted by molar-refractivity contribution is 5.82. The number of hydrogen-bond acceptors (Lipinski definition) is 7. The quantitative estimate of drug-likeness (QED) is 0.522. The second kappa shape index (κ2) is 6.29. The number of rotatable bonds is 6. The molecule has 4 aliphatic rings. The number of carbonyl (C=O) groups is 4. The van der Waals surface area contributed by atoms with Crippen LogP contribution in [0.2, 0.25) is 0 Å². The monoisotopic (exact) mass is 356 g/mol. The Hall–Kier alpha value is -2.16. The van der Waals surface area contributed by atoms with Crippen molar-refractivity contribution in [3.05, 3.63) is 0 Å². The minimum Gasteiger partial charge on any atom is -0.481 e. The van der Waals surface area contributed by atoms with Crippen molar-refractivity contribution in [1.29, 1.82) is 0 Å². The summed E-state index contributed by atoms with van der Waals surface area (Å²) in [5.74, 6) is -3.53. The Morgan fingerprint density at radius 1 is 0.880 bits per heavy atom. The lowest BCUT2D eigenvalue weighted by Crippen LogP contribution is -2.57. The zero-order chi connectivity index (χ0) is 18.2. The Bertz CT molecular complexity index is 597. The number of carboxylic acids is 2. The SMILES string of the molecule is O=C(O)COCC(=O)OOC(=O)C12CC3CC(CC(C(=O)O)(C3)C1)C2. The molecule has 0 amide bonds. The Kier molecular flexibility index (Phi) is 4.44. The fourth-order valence-electron chi connectivity index (χ4n) is 5.17. The van der Waals surface area contributed by atoms with E-state index < -0.39 is 47.9 Å². The lowest BCUT2D eigenvalue weighted by Gasteiger charge is -2.58. The van der Waals surface area contributed by atoms with Crippen LogP contribution in [-0.4, -0.2) is 47.3 Å². The molecule has 4 fully saturated rings. The van der Waals surface area contributed by atoms with E-state index in [1.54, 1.807) is 0 Å². The van der Waals surface area contributed by atoms with Gasteiger partial charge in [0.15, 0.2) is 0 Å². The fraction of sp³-hybridized carbons (Fsp3) is 0.750. The van der Waals surface area contributed by atoms with Crippen LogP contribution in [-0.2, 0) is 33.7 Å². The van der Waals surface area contributed by atoms with Crippen LogP contribution in [0.15, 0.2) is 0 Å². The van der Waals surface area contributed by atoms with Crippen molar-refractivity contribution >= 4 is 23.9 Å². The van der Waals surface area contributed by atoms with Crippen molar-refractivity contribution in [2.45, 2.75) is 38.5 Å². The number of ether oxygens (including phenoxy) is 1. The summed E-state index contributed by atoms with van der Waals surface area (Å²) in [6.45, 7) is -1.33. The van der Waals surface area contributed by atoms with Crippen LogP contribution in [0.25, 0.3) is 0 Å². The van der Waals surface area contributed by atoms with Crippen molar-refractivity contribution in [3.63, 3.8) is 0 Å². The van der Waals surface area contributed by atoms with Gasteiger partial charge >= 0.3 is 23.9 Å². The third-order valence-corrected chi connectivity index (χ3v) is 5.60. The molecule has 0 aromatic rings. The third-order valence-electron chi connectivity index (χ3n) is 5.60. The highest BCUT2D eigenvalue weighted by Gasteiger charge is 2.64. The Morgan fingerprint density at radius 3 is 2.04 bits per heavy atom. The van der Waals surface area contributed by atoms with Gasteiger partial charge in [-0.15, -0.1) is 0 Å². The zero-order valence-electron chi connectivity index (χ0n) is 13.6. The maximum Gasteiger partial charge on any atom is 0.380 e. The van der Waals surface area contributed by atoms with E-state index in [0.29, 0.717) is 25.7 Å². The first kappa shape index (κ1) is 17.7. The Morgan fingerprint density at radius 2 is 1.48 bits per heavy atom. The maximum atomic E-state index is 12.5. The van der Waals surface area contributed by atoms with Crippen molar-refractivity contribution in [2.24, 2.45) is 22.7 Å². The van der Waals surface area contributed by atoms with Crippen LogP contribution in [0.1, 0.15) is 38.5 Å². The molecule has 0 radical (unpaired) electrons. The molecule has 138 valence electrons. The largest absolute Gasteiger partial charge is 0.481 e. The van der Waals surface area contributed by atoms with E-state index in [2.05, 4.69) is 14.5 Å². The number of aliphatic carboxylic acids is 2. The molecule has 9 heteroatoms. The van der Waals surface area contributed by atoms with Gasteiger partial charge in [-0.3, -0.25) is 4.79 Å². The fourth-order valence-corrected chi connectivity index (χ4v) is 5.17. The second-order valence-corrected chi connectivity index (χ2v) is 7.54. The first-order valence-corrected chi connectivity index (χ1v) is 8.19. The van der Waals surface area contributed by atoms with Gasteiger partial charge in [-0.1, -0.05) is 0 Å². The van der Waals surface area contributed by atoms with Gasteiger partial charge in [-0.05, 0) is 50.4 Å².